The van der Waals surface area contributed by atoms with Gasteiger partial charge in [0, 0.05) is 37.0 Å². The maximum atomic E-state index is 12.2. The predicted molar refractivity (Wildman–Crippen MR) is 94.0 cm³/mol. The maximum absolute atomic E-state index is 12.2. The van der Waals surface area contributed by atoms with Crippen molar-refractivity contribution in [1.82, 2.24) is 15.2 Å². The SMILES string of the molecule is Nc1cccnc1-c1ccc(C(=O)NCCN2CCCOC2=O)cc1. The van der Waals surface area contributed by atoms with Crippen molar-refractivity contribution in [3.63, 3.8) is 0 Å². The molecular formula is C18H20N4O3. The Hall–Kier alpha value is -3.09. The van der Waals surface area contributed by atoms with Crippen LogP contribution < -0.4 is 11.1 Å². The summed E-state index contributed by atoms with van der Waals surface area (Å²) >= 11 is 0. The number of hydrogen-bond donors (Lipinski definition) is 2. The van der Waals surface area contributed by atoms with E-state index in [1.54, 1.807) is 35.4 Å². The van der Waals surface area contributed by atoms with Crippen LogP contribution in [0.25, 0.3) is 11.3 Å². The Morgan fingerprint density at radius 3 is 2.80 bits per heavy atom. The number of nitrogens with two attached hydrogens (primary N) is 1. The summed E-state index contributed by atoms with van der Waals surface area (Å²) in [6.45, 7) is 1.94. The zero-order valence-electron chi connectivity index (χ0n) is 13.8. The first-order chi connectivity index (χ1) is 12.1. The fourth-order valence-electron chi connectivity index (χ4n) is 2.65. The number of aromatic nitrogens is 1. The Morgan fingerprint density at radius 2 is 2.08 bits per heavy atom. The quantitative estimate of drug-likeness (QED) is 0.866. The van der Waals surface area contributed by atoms with E-state index in [-0.39, 0.29) is 12.0 Å². The molecule has 2 heterocycles. The molecule has 3 rings (SSSR count). The first-order valence-corrected chi connectivity index (χ1v) is 8.16. The summed E-state index contributed by atoms with van der Waals surface area (Å²) in [5, 5.41) is 2.81. The number of carbonyl (C=O) groups is 2. The van der Waals surface area contributed by atoms with Crippen LogP contribution >= 0.6 is 0 Å². The Kier molecular flexibility index (Phi) is 5.13. The van der Waals surface area contributed by atoms with Crippen LogP contribution in [0.5, 0.6) is 0 Å². The molecule has 25 heavy (non-hydrogen) atoms. The number of hydrogen-bond acceptors (Lipinski definition) is 5. The standard InChI is InChI=1S/C18H20N4O3/c19-15-3-1-8-20-16(15)13-4-6-14(7-5-13)17(23)21-9-11-22-10-2-12-25-18(22)24/h1,3-8H,2,9-12,19H2,(H,21,23). The summed E-state index contributed by atoms with van der Waals surface area (Å²) in [5.74, 6) is -0.189. The maximum Gasteiger partial charge on any atom is 0.409 e. The van der Waals surface area contributed by atoms with E-state index in [4.69, 9.17) is 10.5 Å². The van der Waals surface area contributed by atoms with Gasteiger partial charge in [-0.15, -0.1) is 0 Å². The average molecular weight is 340 g/mol. The Morgan fingerprint density at radius 1 is 1.28 bits per heavy atom. The smallest absolute Gasteiger partial charge is 0.409 e. The van der Waals surface area contributed by atoms with Crippen molar-refractivity contribution in [3.05, 3.63) is 48.2 Å². The highest BCUT2D eigenvalue weighted by atomic mass is 16.6. The number of nitrogens with zero attached hydrogens (tertiary/aromatic N) is 2. The molecule has 7 heteroatoms. The monoisotopic (exact) mass is 340 g/mol. The third kappa shape index (κ3) is 4.06. The van der Waals surface area contributed by atoms with Crippen molar-refractivity contribution >= 4 is 17.7 Å². The second kappa shape index (κ2) is 7.65. The first kappa shape index (κ1) is 16.8. The van der Waals surface area contributed by atoms with Crippen LogP contribution in [0.15, 0.2) is 42.6 Å². The van der Waals surface area contributed by atoms with Crippen LogP contribution in [0.2, 0.25) is 0 Å². The minimum atomic E-state index is -0.321. The number of rotatable bonds is 5. The lowest BCUT2D eigenvalue weighted by molar-refractivity contribution is 0.0719. The molecule has 130 valence electrons. The normalized spacial score (nSPS) is 14.1. The van der Waals surface area contributed by atoms with Gasteiger partial charge in [0.05, 0.1) is 18.0 Å². The first-order valence-electron chi connectivity index (χ1n) is 8.16. The molecule has 1 saturated heterocycles. The molecule has 0 atom stereocenters. The molecule has 0 bridgehead atoms. The highest BCUT2D eigenvalue weighted by Gasteiger charge is 2.19. The molecule has 1 aromatic carbocycles. The molecule has 0 spiro atoms. The number of ether oxygens (including phenoxy) is 1. The van der Waals surface area contributed by atoms with Gasteiger partial charge in [-0.3, -0.25) is 9.78 Å². The zero-order valence-corrected chi connectivity index (χ0v) is 13.8. The largest absolute Gasteiger partial charge is 0.449 e. The molecule has 1 aliphatic rings. The van der Waals surface area contributed by atoms with E-state index in [1.807, 2.05) is 12.1 Å². The summed E-state index contributed by atoms with van der Waals surface area (Å²) in [4.78, 5) is 29.6. The zero-order chi connectivity index (χ0) is 17.6. The number of nitrogens with one attached hydrogen (secondary N) is 1. The molecule has 7 nitrogen and oxygen atoms in total. The molecule has 0 unspecified atom stereocenters. The van der Waals surface area contributed by atoms with Crippen molar-refractivity contribution < 1.29 is 14.3 Å². The van der Waals surface area contributed by atoms with Gasteiger partial charge in [0.15, 0.2) is 0 Å². The molecule has 2 aromatic rings. The van der Waals surface area contributed by atoms with Gasteiger partial charge < -0.3 is 20.7 Å². The van der Waals surface area contributed by atoms with E-state index in [0.29, 0.717) is 43.2 Å². The van der Waals surface area contributed by atoms with Crippen molar-refractivity contribution in [3.8, 4) is 11.3 Å². The average Bonchev–Trinajstić information content (AvgIpc) is 2.64. The summed E-state index contributed by atoms with van der Waals surface area (Å²) in [6.07, 6.45) is 2.17. The third-order valence-corrected chi connectivity index (χ3v) is 3.98. The van der Waals surface area contributed by atoms with Gasteiger partial charge in [0.1, 0.15) is 0 Å². The second-order valence-electron chi connectivity index (χ2n) is 5.73. The van der Waals surface area contributed by atoms with Crippen molar-refractivity contribution in [1.29, 1.82) is 0 Å². The van der Waals surface area contributed by atoms with E-state index in [2.05, 4.69) is 10.3 Å². The second-order valence-corrected chi connectivity index (χ2v) is 5.73. The Labute approximate surface area is 145 Å². The number of cyclic esters (lactones) is 1. The summed E-state index contributed by atoms with van der Waals surface area (Å²) in [5.41, 5.74) is 8.59. The van der Waals surface area contributed by atoms with E-state index in [0.717, 1.165) is 12.0 Å². The van der Waals surface area contributed by atoms with Gasteiger partial charge in [-0.1, -0.05) is 12.1 Å². The van der Waals surface area contributed by atoms with Crippen LogP contribution in [0.4, 0.5) is 10.5 Å². The highest BCUT2D eigenvalue weighted by molar-refractivity contribution is 5.94. The minimum absolute atomic E-state index is 0.189. The molecular weight excluding hydrogens is 320 g/mol. The van der Waals surface area contributed by atoms with Crippen LogP contribution in [0.3, 0.4) is 0 Å². The lowest BCUT2D eigenvalue weighted by Crippen LogP contribution is -2.42. The number of benzene rings is 1. The van der Waals surface area contributed by atoms with Gasteiger partial charge in [0.2, 0.25) is 0 Å². The van der Waals surface area contributed by atoms with Crippen molar-refractivity contribution in [2.75, 3.05) is 32.0 Å². The van der Waals surface area contributed by atoms with E-state index >= 15 is 0 Å². The molecule has 2 amide bonds. The third-order valence-electron chi connectivity index (χ3n) is 3.98. The van der Waals surface area contributed by atoms with Gasteiger partial charge >= 0.3 is 6.09 Å². The number of anilines is 1. The predicted octanol–water partition coefficient (Wildman–Crippen LogP) is 1.90. The molecule has 1 fully saturated rings. The summed E-state index contributed by atoms with van der Waals surface area (Å²) < 4.78 is 4.96. The van der Waals surface area contributed by atoms with Crippen molar-refractivity contribution in [2.45, 2.75) is 6.42 Å². The molecule has 0 saturated carbocycles. The van der Waals surface area contributed by atoms with Gasteiger partial charge in [-0.25, -0.2) is 4.79 Å². The van der Waals surface area contributed by atoms with Gasteiger partial charge in [-0.05, 0) is 30.7 Å². The number of nitrogen functional groups attached to an aromatic ring is 1. The molecule has 0 radical (unpaired) electrons. The minimum Gasteiger partial charge on any atom is -0.449 e. The fraction of sp³-hybridized carbons (Fsp3) is 0.278. The molecule has 3 N–H and O–H groups in total. The van der Waals surface area contributed by atoms with Gasteiger partial charge in [0.25, 0.3) is 5.91 Å². The van der Waals surface area contributed by atoms with E-state index in [9.17, 15) is 9.59 Å². The number of amides is 2. The lowest BCUT2D eigenvalue weighted by Gasteiger charge is -2.26. The van der Waals surface area contributed by atoms with Crippen LogP contribution in [-0.4, -0.2) is 48.1 Å². The van der Waals surface area contributed by atoms with Crippen molar-refractivity contribution in [2.24, 2.45) is 0 Å². The fourth-order valence-corrected chi connectivity index (χ4v) is 2.65. The molecule has 1 aromatic heterocycles. The number of carbonyl (C=O) groups excluding carboxylic acids is 2. The van der Waals surface area contributed by atoms with Crippen LogP contribution in [0, 0.1) is 0 Å². The van der Waals surface area contributed by atoms with Crippen LogP contribution in [-0.2, 0) is 4.74 Å². The van der Waals surface area contributed by atoms with Gasteiger partial charge in [-0.2, -0.15) is 0 Å². The summed E-state index contributed by atoms with van der Waals surface area (Å²) in [7, 11) is 0. The van der Waals surface area contributed by atoms with E-state index < -0.39 is 0 Å². The molecule has 1 aliphatic heterocycles. The highest BCUT2D eigenvalue weighted by Crippen LogP contribution is 2.22. The Bertz CT molecular complexity index is 761. The topological polar surface area (TPSA) is 97.5 Å². The number of pyridine rings is 1. The Balaban J connectivity index is 1.56. The van der Waals surface area contributed by atoms with Crippen LogP contribution in [0.1, 0.15) is 16.8 Å². The molecule has 0 aliphatic carbocycles. The lowest BCUT2D eigenvalue weighted by atomic mass is 10.1. The van der Waals surface area contributed by atoms with E-state index in [1.165, 1.54) is 0 Å². The summed E-state index contributed by atoms with van der Waals surface area (Å²) in [6, 6.07) is 10.7.